The Bertz CT molecular complexity index is 919. The van der Waals surface area contributed by atoms with Gasteiger partial charge < -0.3 is 20.7 Å². The van der Waals surface area contributed by atoms with Crippen LogP contribution in [0.3, 0.4) is 0 Å². The fourth-order valence-corrected chi connectivity index (χ4v) is 3.43. The van der Waals surface area contributed by atoms with Gasteiger partial charge in [-0.05, 0) is 39.2 Å². The largest absolute Gasteiger partial charge is 0.444 e. The Morgan fingerprint density at radius 3 is 2.73 bits per heavy atom. The van der Waals surface area contributed by atoms with Gasteiger partial charge in [-0.2, -0.15) is 5.10 Å². The molecule has 3 heterocycles. The van der Waals surface area contributed by atoms with Crippen LogP contribution in [0, 0.1) is 0 Å². The summed E-state index contributed by atoms with van der Waals surface area (Å²) in [4.78, 5) is 34.9. The Hall–Kier alpha value is -3.17. The van der Waals surface area contributed by atoms with Crippen LogP contribution >= 0.6 is 0 Å². The highest BCUT2D eigenvalue weighted by atomic mass is 16.6. The average Bonchev–Trinajstić information content (AvgIpc) is 3.04. The molecule has 1 aliphatic heterocycles. The zero-order chi connectivity index (χ0) is 21.9. The van der Waals surface area contributed by atoms with E-state index < -0.39 is 17.6 Å². The molecular weight excluding hydrogens is 386 g/mol. The van der Waals surface area contributed by atoms with Crippen molar-refractivity contribution in [3.05, 3.63) is 35.5 Å². The summed E-state index contributed by atoms with van der Waals surface area (Å²) in [5.74, 6) is 0.0330. The third-order valence-electron chi connectivity index (χ3n) is 4.66. The number of anilines is 1. The lowest BCUT2D eigenvalue weighted by atomic mass is 10.1. The molecule has 0 saturated carbocycles. The summed E-state index contributed by atoms with van der Waals surface area (Å²) in [7, 11) is 1.83. The summed E-state index contributed by atoms with van der Waals surface area (Å²) in [5.41, 5.74) is 6.52. The van der Waals surface area contributed by atoms with E-state index in [9.17, 15) is 9.59 Å². The van der Waals surface area contributed by atoms with Crippen molar-refractivity contribution in [3.63, 3.8) is 0 Å². The maximum atomic E-state index is 12.1. The van der Waals surface area contributed by atoms with Crippen molar-refractivity contribution in [3.8, 4) is 0 Å². The van der Waals surface area contributed by atoms with Gasteiger partial charge in [-0.15, -0.1) is 0 Å². The number of ether oxygens (including phenoxy) is 1. The van der Waals surface area contributed by atoms with Crippen LogP contribution in [0.5, 0.6) is 0 Å². The standard InChI is InChI=1S/C20H29N7O3/c1-20(2,3)30-19(29)24-14-6-5-7-27(12-14)16-10-22-17(18(21)28)15(25-16)8-13-9-23-26(4)11-13/h9-11,14H,5-8,12H2,1-4H3,(H2,21,28)(H,24,29). The Balaban J connectivity index is 1.75. The summed E-state index contributed by atoms with van der Waals surface area (Å²) in [6.45, 7) is 6.86. The minimum Gasteiger partial charge on any atom is -0.444 e. The monoisotopic (exact) mass is 415 g/mol. The molecule has 2 aromatic rings. The molecule has 1 saturated heterocycles. The van der Waals surface area contributed by atoms with Crippen molar-refractivity contribution in [2.24, 2.45) is 12.8 Å². The van der Waals surface area contributed by atoms with Gasteiger partial charge in [0.05, 0.1) is 18.1 Å². The molecule has 2 aromatic heterocycles. The highest BCUT2D eigenvalue weighted by Crippen LogP contribution is 2.20. The Morgan fingerprint density at radius 2 is 2.10 bits per heavy atom. The topological polar surface area (TPSA) is 128 Å². The number of hydrogen-bond acceptors (Lipinski definition) is 7. The first-order valence-electron chi connectivity index (χ1n) is 9.98. The van der Waals surface area contributed by atoms with Gasteiger partial charge >= 0.3 is 6.09 Å². The molecule has 10 heteroatoms. The van der Waals surface area contributed by atoms with Gasteiger partial charge in [0.25, 0.3) is 5.91 Å². The molecule has 3 rings (SSSR count). The SMILES string of the molecule is Cn1cc(Cc2nc(N3CCCC(NC(=O)OC(C)(C)C)C3)cnc2C(N)=O)cn1. The first-order valence-corrected chi connectivity index (χ1v) is 9.98. The van der Waals surface area contributed by atoms with E-state index in [-0.39, 0.29) is 11.7 Å². The number of aryl methyl sites for hydroxylation is 1. The number of carbonyl (C=O) groups is 2. The second kappa shape index (κ2) is 8.68. The number of nitrogens with two attached hydrogens (primary N) is 1. The summed E-state index contributed by atoms with van der Waals surface area (Å²) in [6, 6.07) is -0.0620. The van der Waals surface area contributed by atoms with Crippen molar-refractivity contribution in [2.75, 3.05) is 18.0 Å². The van der Waals surface area contributed by atoms with Gasteiger partial charge in [-0.25, -0.2) is 14.8 Å². The van der Waals surface area contributed by atoms with Crippen LogP contribution in [0.25, 0.3) is 0 Å². The molecule has 0 radical (unpaired) electrons. The summed E-state index contributed by atoms with van der Waals surface area (Å²) in [5, 5.41) is 7.08. The number of aromatic nitrogens is 4. The lowest BCUT2D eigenvalue weighted by Crippen LogP contribution is -2.49. The van der Waals surface area contributed by atoms with E-state index in [0.717, 1.165) is 24.9 Å². The minimum absolute atomic E-state index is 0.0620. The number of alkyl carbamates (subject to hydrolysis) is 1. The predicted molar refractivity (Wildman–Crippen MR) is 111 cm³/mol. The van der Waals surface area contributed by atoms with Crippen LogP contribution in [-0.2, 0) is 18.2 Å². The molecule has 1 aliphatic rings. The number of piperidine rings is 1. The lowest BCUT2D eigenvalue weighted by Gasteiger charge is -2.34. The van der Waals surface area contributed by atoms with E-state index in [1.165, 1.54) is 0 Å². The molecular formula is C20H29N7O3. The van der Waals surface area contributed by atoms with Crippen LogP contribution in [0.15, 0.2) is 18.6 Å². The predicted octanol–water partition coefficient (Wildman–Crippen LogP) is 1.39. The quantitative estimate of drug-likeness (QED) is 0.755. The molecule has 0 aromatic carbocycles. The zero-order valence-corrected chi connectivity index (χ0v) is 17.9. The van der Waals surface area contributed by atoms with Gasteiger partial charge in [-0.1, -0.05) is 0 Å². The van der Waals surface area contributed by atoms with Gasteiger partial charge in [0.15, 0.2) is 0 Å². The van der Waals surface area contributed by atoms with E-state index in [4.69, 9.17) is 10.5 Å². The van der Waals surface area contributed by atoms with Crippen molar-refractivity contribution in [1.29, 1.82) is 0 Å². The Morgan fingerprint density at radius 1 is 1.33 bits per heavy atom. The molecule has 1 unspecified atom stereocenters. The number of hydrogen-bond donors (Lipinski definition) is 2. The molecule has 1 fully saturated rings. The smallest absolute Gasteiger partial charge is 0.407 e. The normalized spacial score (nSPS) is 16.9. The molecule has 1 atom stereocenters. The summed E-state index contributed by atoms with van der Waals surface area (Å²) < 4.78 is 7.04. The lowest BCUT2D eigenvalue weighted by molar-refractivity contribution is 0.0499. The van der Waals surface area contributed by atoms with Crippen molar-refractivity contribution >= 4 is 17.8 Å². The maximum Gasteiger partial charge on any atom is 0.407 e. The van der Waals surface area contributed by atoms with E-state index in [0.29, 0.717) is 24.5 Å². The second-order valence-electron chi connectivity index (χ2n) is 8.52. The number of nitrogens with one attached hydrogen (secondary N) is 1. The fraction of sp³-hybridized carbons (Fsp3) is 0.550. The van der Waals surface area contributed by atoms with E-state index in [1.807, 2.05) is 34.0 Å². The van der Waals surface area contributed by atoms with Crippen LogP contribution in [0.1, 0.15) is 55.4 Å². The molecule has 10 nitrogen and oxygen atoms in total. The number of nitrogens with zero attached hydrogens (tertiary/aromatic N) is 5. The van der Waals surface area contributed by atoms with Crippen LogP contribution in [0.4, 0.5) is 10.6 Å². The maximum absolute atomic E-state index is 12.1. The van der Waals surface area contributed by atoms with Crippen LogP contribution < -0.4 is 16.0 Å². The summed E-state index contributed by atoms with van der Waals surface area (Å²) >= 11 is 0. The number of primary amides is 1. The molecule has 162 valence electrons. The van der Waals surface area contributed by atoms with Gasteiger partial charge in [-0.3, -0.25) is 9.48 Å². The molecule has 30 heavy (non-hydrogen) atoms. The second-order valence-corrected chi connectivity index (χ2v) is 8.52. The Labute approximate surface area is 175 Å². The molecule has 3 N–H and O–H groups in total. The molecule has 0 spiro atoms. The van der Waals surface area contributed by atoms with Crippen molar-refractivity contribution in [1.82, 2.24) is 25.1 Å². The van der Waals surface area contributed by atoms with E-state index in [1.54, 1.807) is 17.1 Å². The molecule has 2 amide bonds. The highest BCUT2D eigenvalue weighted by molar-refractivity contribution is 5.92. The highest BCUT2D eigenvalue weighted by Gasteiger charge is 2.26. The first kappa shape index (κ1) is 21.5. The third kappa shape index (κ3) is 5.68. The van der Waals surface area contributed by atoms with Gasteiger partial charge in [0, 0.05) is 38.8 Å². The van der Waals surface area contributed by atoms with Crippen molar-refractivity contribution < 1.29 is 14.3 Å². The first-order chi connectivity index (χ1) is 14.1. The molecule has 0 aliphatic carbocycles. The average molecular weight is 415 g/mol. The third-order valence-corrected chi connectivity index (χ3v) is 4.66. The zero-order valence-electron chi connectivity index (χ0n) is 17.9. The Kier molecular flexibility index (Phi) is 6.23. The van der Waals surface area contributed by atoms with E-state index >= 15 is 0 Å². The van der Waals surface area contributed by atoms with Crippen molar-refractivity contribution in [2.45, 2.75) is 51.7 Å². The van der Waals surface area contributed by atoms with Crippen LogP contribution in [-0.4, -0.2) is 56.5 Å². The fourth-order valence-electron chi connectivity index (χ4n) is 3.43. The molecule has 0 bridgehead atoms. The van der Waals surface area contributed by atoms with E-state index in [2.05, 4.69) is 25.3 Å². The minimum atomic E-state index is -0.615. The number of carbonyl (C=O) groups excluding carboxylic acids is 2. The van der Waals surface area contributed by atoms with Crippen LogP contribution in [0.2, 0.25) is 0 Å². The number of rotatable bonds is 5. The summed E-state index contributed by atoms with van der Waals surface area (Å²) in [6.07, 6.45) is 6.86. The van der Waals surface area contributed by atoms with Gasteiger partial charge in [0.2, 0.25) is 0 Å². The number of amides is 2. The van der Waals surface area contributed by atoms with Gasteiger partial charge in [0.1, 0.15) is 17.1 Å².